The van der Waals surface area contributed by atoms with Crippen LogP contribution < -0.4 is 11.1 Å². The molecule has 0 unspecified atom stereocenters. The zero-order chi connectivity index (χ0) is 18.8. The van der Waals surface area contributed by atoms with Crippen LogP contribution in [0.4, 0.5) is 5.00 Å². The molecule has 3 heterocycles. The quantitative estimate of drug-likeness (QED) is 0.585. The monoisotopic (exact) mass is 374 g/mol. The summed E-state index contributed by atoms with van der Waals surface area (Å²) in [5.41, 5.74) is 6.36. The Morgan fingerprint density at radius 3 is 2.77 bits per heavy atom. The Morgan fingerprint density at radius 2 is 2.15 bits per heavy atom. The van der Waals surface area contributed by atoms with E-state index in [-0.39, 0.29) is 21.1 Å². The highest BCUT2D eigenvalue weighted by atomic mass is 32.1. The van der Waals surface area contributed by atoms with E-state index in [9.17, 15) is 14.4 Å². The van der Waals surface area contributed by atoms with Crippen molar-refractivity contribution in [3.05, 3.63) is 46.2 Å². The summed E-state index contributed by atoms with van der Waals surface area (Å²) in [4.78, 5) is 36.2. The summed E-state index contributed by atoms with van der Waals surface area (Å²) in [5, 5.41) is 9.36. The first-order chi connectivity index (χ1) is 12.4. The molecule has 0 aromatic carbocycles. The largest absolute Gasteiger partial charge is 0.465 e. The van der Waals surface area contributed by atoms with Crippen LogP contribution in [0.25, 0.3) is 11.5 Å². The molecule has 0 bridgehead atoms. The van der Waals surface area contributed by atoms with Crippen LogP contribution in [0.2, 0.25) is 0 Å². The van der Waals surface area contributed by atoms with Crippen molar-refractivity contribution in [2.45, 2.75) is 6.92 Å². The predicted octanol–water partition coefficient (Wildman–Crippen LogP) is 2.18. The maximum absolute atomic E-state index is 12.5. The number of furan rings is 1. The number of carbonyl (C=O) groups is 3. The fraction of sp³-hybridized carbons (Fsp3) is 0.125. The van der Waals surface area contributed by atoms with E-state index in [0.717, 1.165) is 11.3 Å². The molecule has 0 aliphatic heterocycles. The fourth-order valence-corrected chi connectivity index (χ4v) is 3.39. The normalized spacial score (nSPS) is 10.5. The Balaban J connectivity index is 1.91. The third-order valence-corrected chi connectivity index (χ3v) is 4.81. The minimum atomic E-state index is -0.696. The number of anilines is 1. The first kappa shape index (κ1) is 17.4. The average molecular weight is 374 g/mol. The third kappa shape index (κ3) is 3.09. The third-order valence-electron chi connectivity index (χ3n) is 3.58. The number of aromatic amines is 1. The number of amides is 2. The number of carbonyl (C=O) groups excluding carboxylic acids is 3. The van der Waals surface area contributed by atoms with Crippen molar-refractivity contribution in [3.63, 3.8) is 0 Å². The number of H-pyrrole nitrogens is 1. The summed E-state index contributed by atoms with van der Waals surface area (Å²) in [6.45, 7) is 1.56. The molecule has 0 saturated carbocycles. The van der Waals surface area contributed by atoms with Gasteiger partial charge in [-0.1, -0.05) is 0 Å². The van der Waals surface area contributed by atoms with Crippen molar-refractivity contribution in [2.75, 3.05) is 12.4 Å². The highest BCUT2D eigenvalue weighted by Gasteiger charge is 2.26. The summed E-state index contributed by atoms with van der Waals surface area (Å²) in [6.07, 6.45) is 1.50. The van der Waals surface area contributed by atoms with Gasteiger partial charge in [0, 0.05) is 6.07 Å². The molecule has 3 rings (SSSR count). The minimum Gasteiger partial charge on any atom is -0.465 e. The standard InChI is InChI=1S/C16H14N4O5S/c1-7-11(16(23)24-2)15(26-12(7)13(17)21)18-14(22)9-6-8(19-20-9)10-4-3-5-25-10/h3-6H,1-2H3,(H2,17,21)(H,18,22)(H,19,20). The van der Waals surface area contributed by atoms with Gasteiger partial charge in [0.25, 0.3) is 11.8 Å². The summed E-state index contributed by atoms with van der Waals surface area (Å²) in [5.74, 6) is -1.42. The van der Waals surface area contributed by atoms with Crippen LogP contribution in [-0.2, 0) is 4.74 Å². The van der Waals surface area contributed by atoms with Gasteiger partial charge in [-0.25, -0.2) is 4.79 Å². The van der Waals surface area contributed by atoms with Crippen molar-refractivity contribution in [3.8, 4) is 11.5 Å². The number of rotatable bonds is 5. The molecular weight excluding hydrogens is 360 g/mol. The number of nitrogens with two attached hydrogens (primary N) is 1. The van der Waals surface area contributed by atoms with Crippen molar-refractivity contribution < 1.29 is 23.5 Å². The van der Waals surface area contributed by atoms with Gasteiger partial charge in [0.1, 0.15) is 10.7 Å². The molecule has 26 heavy (non-hydrogen) atoms. The molecule has 2 amide bonds. The molecule has 0 fully saturated rings. The summed E-state index contributed by atoms with van der Waals surface area (Å²) >= 11 is 0.902. The highest BCUT2D eigenvalue weighted by Crippen LogP contribution is 2.33. The second kappa shape index (κ2) is 6.84. The van der Waals surface area contributed by atoms with Crippen molar-refractivity contribution in [2.24, 2.45) is 5.73 Å². The van der Waals surface area contributed by atoms with Crippen molar-refractivity contribution in [1.29, 1.82) is 0 Å². The van der Waals surface area contributed by atoms with Gasteiger partial charge in [-0.3, -0.25) is 14.7 Å². The molecular formula is C16H14N4O5S. The van der Waals surface area contributed by atoms with E-state index in [1.165, 1.54) is 19.4 Å². The van der Waals surface area contributed by atoms with E-state index >= 15 is 0 Å². The average Bonchev–Trinajstić information content (AvgIpc) is 3.33. The van der Waals surface area contributed by atoms with E-state index < -0.39 is 17.8 Å². The molecule has 0 aliphatic rings. The molecule has 0 radical (unpaired) electrons. The van der Waals surface area contributed by atoms with Crippen LogP contribution in [0, 0.1) is 6.92 Å². The lowest BCUT2D eigenvalue weighted by Crippen LogP contribution is -2.14. The Morgan fingerprint density at radius 1 is 1.38 bits per heavy atom. The molecule has 4 N–H and O–H groups in total. The van der Waals surface area contributed by atoms with Crippen molar-refractivity contribution in [1.82, 2.24) is 10.2 Å². The smallest absolute Gasteiger partial charge is 0.341 e. The van der Waals surface area contributed by atoms with Gasteiger partial charge in [-0.05, 0) is 24.6 Å². The van der Waals surface area contributed by atoms with E-state index in [2.05, 4.69) is 15.5 Å². The van der Waals surface area contributed by atoms with Gasteiger partial charge < -0.3 is 20.2 Å². The molecule has 0 saturated heterocycles. The number of nitrogens with one attached hydrogen (secondary N) is 2. The number of ether oxygens (including phenoxy) is 1. The molecule has 10 heteroatoms. The van der Waals surface area contributed by atoms with E-state index in [1.807, 2.05) is 0 Å². The molecule has 134 valence electrons. The maximum Gasteiger partial charge on any atom is 0.341 e. The Hall–Kier alpha value is -3.40. The maximum atomic E-state index is 12.5. The number of hydrogen-bond acceptors (Lipinski definition) is 7. The van der Waals surface area contributed by atoms with Crippen molar-refractivity contribution >= 4 is 34.1 Å². The van der Waals surface area contributed by atoms with Gasteiger partial charge in [0.2, 0.25) is 0 Å². The second-order valence-electron chi connectivity index (χ2n) is 5.21. The van der Waals surface area contributed by atoms with Crippen LogP contribution in [0.3, 0.4) is 0 Å². The Bertz CT molecular complexity index is 987. The van der Waals surface area contributed by atoms with Crippen LogP contribution in [0.15, 0.2) is 28.9 Å². The first-order valence-corrected chi connectivity index (χ1v) is 8.16. The van der Waals surface area contributed by atoms with Crippen LogP contribution >= 0.6 is 11.3 Å². The first-order valence-electron chi connectivity index (χ1n) is 7.34. The van der Waals surface area contributed by atoms with E-state index in [1.54, 1.807) is 19.1 Å². The summed E-state index contributed by atoms with van der Waals surface area (Å²) < 4.78 is 9.95. The zero-order valence-corrected chi connectivity index (χ0v) is 14.6. The number of nitrogens with zero attached hydrogens (tertiary/aromatic N) is 1. The second-order valence-corrected chi connectivity index (χ2v) is 6.24. The molecule has 0 spiro atoms. The van der Waals surface area contributed by atoms with Gasteiger partial charge in [0.15, 0.2) is 11.5 Å². The number of hydrogen-bond donors (Lipinski definition) is 3. The van der Waals surface area contributed by atoms with E-state index in [0.29, 0.717) is 17.0 Å². The van der Waals surface area contributed by atoms with E-state index in [4.69, 9.17) is 14.9 Å². The molecule has 9 nitrogen and oxygen atoms in total. The van der Waals surface area contributed by atoms with Crippen LogP contribution in [-0.4, -0.2) is 35.1 Å². The van der Waals surface area contributed by atoms with Gasteiger partial charge in [0.05, 0.1) is 23.8 Å². The predicted molar refractivity (Wildman–Crippen MR) is 93.2 cm³/mol. The number of primary amides is 1. The molecule has 0 atom stereocenters. The molecule has 3 aromatic rings. The number of aromatic nitrogens is 2. The minimum absolute atomic E-state index is 0.0823. The molecule has 0 aliphatic carbocycles. The van der Waals surface area contributed by atoms with Crippen LogP contribution in [0.5, 0.6) is 0 Å². The highest BCUT2D eigenvalue weighted by molar-refractivity contribution is 7.18. The van der Waals surface area contributed by atoms with Gasteiger partial charge >= 0.3 is 5.97 Å². The lowest BCUT2D eigenvalue weighted by Gasteiger charge is -2.04. The Kier molecular flexibility index (Phi) is 4.59. The van der Waals surface area contributed by atoms with Gasteiger partial charge in [-0.15, -0.1) is 11.3 Å². The fourth-order valence-electron chi connectivity index (χ4n) is 2.35. The lowest BCUT2D eigenvalue weighted by molar-refractivity contribution is 0.0601. The zero-order valence-electron chi connectivity index (χ0n) is 13.8. The Labute approximate surface area is 151 Å². The topological polar surface area (TPSA) is 140 Å². The number of esters is 1. The SMILES string of the molecule is COC(=O)c1c(NC(=O)c2cc(-c3ccco3)[nH]n2)sc(C(N)=O)c1C. The number of methoxy groups -OCH3 is 1. The lowest BCUT2D eigenvalue weighted by atomic mass is 10.1. The summed E-state index contributed by atoms with van der Waals surface area (Å²) in [7, 11) is 1.21. The van der Waals surface area contributed by atoms with Crippen LogP contribution in [0.1, 0.15) is 36.1 Å². The molecule has 3 aromatic heterocycles. The number of thiophene rings is 1. The van der Waals surface area contributed by atoms with Gasteiger partial charge in [-0.2, -0.15) is 5.10 Å². The summed E-state index contributed by atoms with van der Waals surface area (Å²) in [6, 6.07) is 4.92.